The highest BCUT2D eigenvalue weighted by Crippen LogP contribution is 2.35. The van der Waals surface area contributed by atoms with Crippen molar-refractivity contribution in [3.8, 4) is 0 Å². The second kappa shape index (κ2) is 5.78. The molecule has 0 saturated carbocycles. The van der Waals surface area contributed by atoms with Gasteiger partial charge < -0.3 is 10.2 Å². The second-order valence-corrected chi connectivity index (χ2v) is 6.38. The lowest BCUT2D eigenvalue weighted by Crippen LogP contribution is -2.40. The van der Waals surface area contributed by atoms with Crippen LogP contribution in [-0.4, -0.2) is 11.3 Å². The van der Waals surface area contributed by atoms with E-state index in [1.54, 1.807) is 6.26 Å². The van der Waals surface area contributed by atoms with Gasteiger partial charge in [0, 0.05) is 11.3 Å². The molecule has 0 bridgehead atoms. The molecule has 1 aromatic rings. The van der Waals surface area contributed by atoms with E-state index in [0.29, 0.717) is 5.25 Å². The summed E-state index contributed by atoms with van der Waals surface area (Å²) in [5.74, 6) is 1.94. The Kier molecular flexibility index (Phi) is 4.93. The van der Waals surface area contributed by atoms with Crippen LogP contribution in [0.2, 0.25) is 0 Å². The smallest absolute Gasteiger partial charge is 0.113 e. The second-order valence-electron chi connectivity index (χ2n) is 5.25. The highest BCUT2D eigenvalue weighted by Gasteiger charge is 2.29. The first-order chi connectivity index (χ1) is 7.45. The van der Waals surface area contributed by atoms with E-state index in [9.17, 15) is 0 Å². The fourth-order valence-electron chi connectivity index (χ4n) is 1.80. The molecule has 0 aliphatic carbocycles. The Morgan fingerprint density at radius 1 is 1.44 bits per heavy atom. The van der Waals surface area contributed by atoms with E-state index in [-0.39, 0.29) is 11.5 Å². The monoisotopic (exact) mass is 241 g/mol. The van der Waals surface area contributed by atoms with Gasteiger partial charge in [-0.15, -0.1) is 11.8 Å². The number of furan rings is 1. The zero-order chi connectivity index (χ0) is 12.2. The van der Waals surface area contributed by atoms with Crippen molar-refractivity contribution in [2.75, 3.05) is 0 Å². The highest BCUT2D eigenvalue weighted by atomic mass is 32.2. The maximum absolute atomic E-state index is 6.19. The third kappa shape index (κ3) is 3.87. The molecule has 2 atom stereocenters. The molecule has 0 aliphatic rings. The van der Waals surface area contributed by atoms with Gasteiger partial charge in [0.15, 0.2) is 0 Å². The molecule has 0 radical (unpaired) electrons. The molecular formula is C13H23NOS. The molecule has 2 N–H and O–H groups in total. The Balaban J connectivity index is 2.57. The van der Waals surface area contributed by atoms with Crippen molar-refractivity contribution in [2.45, 2.75) is 51.2 Å². The molecule has 0 amide bonds. The zero-order valence-corrected chi connectivity index (χ0v) is 11.5. The van der Waals surface area contributed by atoms with Crippen LogP contribution >= 0.6 is 11.8 Å². The zero-order valence-electron chi connectivity index (χ0n) is 10.7. The molecule has 3 heteroatoms. The summed E-state index contributed by atoms with van der Waals surface area (Å²) in [6.45, 7) is 8.91. The van der Waals surface area contributed by atoms with Crippen LogP contribution in [0.1, 0.15) is 39.9 Å². The Morgan fingerprint density at radius 2 is 2.12 bits per heavy atom. The first kappa shape index (κ1) is 13.7. The fourth-order valence-corrected chi connectivity index (χ4v) is 3.24. The first-order valence-corrected chi connectivity index (χ1v) is 6.89. The van der Waals surface area contributed by atoms with Crippen LogP contribution in [0.25, 0.3) is 0 Å². The Labute approximate surface area is 103 Å². The van der Waals surface area contributed by atoms with E-state index < -0.39 is 0 Å². The maximum Gasteiger partial charge on any atom is 0.113 e. The van der Waals surface area contributed by atoms with Crippen LogP contribution in [0.4, 0.5) is 0 Å². The predicted octanol–water partition coefficient (Wildman–Crippen LogP) is 3.66. The SMILES string of the molecule is CCC(N)C(SCc1ccco1)C(C)(C)C. The van der Waals surface area contributed by atoms with Crippen LogP contribution in [0, 0.1) is 5.41 Å². The third-order valence-corrected chi connectivity index (χ3v) is 4.57. The summed E-state index contributed by atoms with van der Waals surface area (Å²) >= 11 is 1.90. The molecule has 1 aromatic heterocycles. The molecule has 1 heterocycles. The van der Waals surface area contributed by atoms with Gasteiger partial charge in [0.25, 0.3) is 0 Å². The van der Waals surface area contributed by atoms with E-state index in [1.165, 1.54) is 0 Å². The molecule has 2 unspecified atom stereocenters. The molecule has 2 nitrogen and oxygen atoms in total. The predicted molar refractivity (Wildman–Crippen MR) is 71.5 cm³/mol. The number of rotatable bonds is 5. The van der Waals surface area contributed by atoms with Gasteiger partial charge >= 0.3 is 0 Å². The Morgan fingerprint density at radius 3 is 2.56 bits per heavy atom. The number of hydrogen-bond donors (Lipinski definition) is 1. The Bertz CT molecular complexity index is 289. The lowest BCUT2D eigenvalue weighted by molar-refractivity contribution is 0.350. The van der Waals surface area contributed by atoms with Crippen molar-refractivity contribution in [1.82, 2.24) is 0 Å². The number of nitrogens with two attached hydrogens (primary N) is 1. The van der Waals surface area contributed by atoms with Crippen LogP contribution in [-0.2, 0) is 5.75 Å². The number of hydrogen-bond acceptors (Lipinski definition) is 3. The van der Waals surface area contributed by atoms with E-state index in [1.807, 2.05) is 23.9 Å². The molecule has 1 rings (SSSR count). The van der Waals surface area contributed by atoms with E-state index in [4.69, 9.17) is 10.2 Å². The largest absolute Gasteiger partial charge is 0.468 e. The lowest BCUT2D eigenvalue weighted by atomic mass is 9.87. The summed E-state index contributed by atoms with van der Waals surface area (Å²) in [5, 5.41) is 0.461. The van der Waals surface area contributed by atoms with Crippen molar-refractivity contribution in [3.63, 3.8) is 0 Å². The average Bonchev–Trinajstić information content (AvgIpc) is 2.68. The topological polar surface area (TPSA) is 39.2 Å². The first-order valence-electron chi connectivity index (χ1n) is 5.84. The Hall–Kier alpha value is -0.410. The van der Waals surface area contributed by atoms with Crippen molar-refractivity contribution in [3.05, 3.63) is 24.2 Å². The van der Waals surface area contributed by atoms with Gasteiger partial charge in [-0.1, -0.05) is 27.7 Å². The molecule has 0 spiro atoms. The van der Waals surface area contributed by atoms with Gasteiger partial charge in [0.2, 0.25) is 0 Å². The summed E-state index contributed by atoms with van der Waals surface area (Å²) in [6.07, 6.45) is 2.74. The van der Waals surface area contributed by atoms with E-state index >= 15 is 0 Å². The molecule has 16 heavy (non-hydrogen) atoms. The van der Waals surface area contributed by atoms with E-state index in [0.717, 1.165) is 17.9 Å². The summed E-state index contributed by atoms with van der Waals surface area (Å²) in [5.41, 5.74) is 6.42. The minimum atomic E-state index is 0.229. The van der Waals surface area contributed by atoms with Gasteiger partial charge in [-0.05, 0) is 24.0 Å². The van der Waals surface area contributed by atoms with Gasteiger partial charge in [0.05, 0.1) is 12.0 Å². The van der Waals surface area contributed by atoms with Gasteiger partial charge in [-0.2, -0.15) is 0 Å². The third-order valence-electron chi connectivity index (χ3n) is 2.70. The van der Waals surface area contributed by atoms with Crippen LogP contribution in [0.5, 0.6) is 0 Å². The van der Waals surface area contributed by atoms with Gasteiger partial charge in [-0.25, -0.2) is 0 Å². The molecule has 0 saturated heterocycles. The van der Waals surface area contributed by atoms with Crippen molar-refractivity contribution < 1.29 is 4.42 Å². The van der Waals surface area contributed by atoms with E-state index in [2.05, 4.69) is 27.7 Å². The molecule has 0 fully saturated rings. The average molecular weight is 241 g/mol. The van der Waals surface area contributed by atoms with Crippen LogP contribution in [0.3, 0.4) is 0 Å². The summed E-state index contributed by atoms with van der Waals surface area (Å²) in [7, 11) is 0. The normalized spacial score (nSPS) is 16.1. The maximum atomic E-state index is 6.19. The summed E-state index contributed by atoms with van der Waals surface area (Å²) in [4.78, 5) is 0. The fraction of sp³-hybridized carbons (Fsp3) is 0.692. The minimum Gasteiger partial charge on any atom is -0.468 e. The van der Waals surface area contributed by atoms with Crippen LogP contribution < -0.4 is 5.73 Å². The molecule has 0 aliphatic heterocycles. The van der Waals surface area contributed by atoms with Crippen LogP contribution in [0.15, 0.2) is 22.8 Å². The quantitative estimate of drug-likeness (QED) is 0.855. The molecule has 92 valence electrons. The summed E-state index contributed by atoms with van der Waals surface area (Å²) < 4.78 is 5.35. The van der Waals surface area contributed by atoms with Gasteiger partial charge in [-0.3, -0.25) is 0 Å². The standard InChI is InChI=1S/C13H23NOS/c1-5-11(14)12(13(2,3)4)16-9-10-7-6-8-15-10/h6-8,11-12H,5,9,14H2,1-4H3. The van der Waals surface area contributed by atoms with Gasteiger partial charge in [0.1, 0.15) is 5.76 Å². The summed E-state index contributed by atoms with van der Waals surface area (Å²) in [6, 6.07) is 4.20. The highest BCUT2D eigenvalue weighted by molar-refractivity contribution is 7.99. The van der Waals surface area contributed by atoms with Crippen molar-refractivity contribution in [1.29, 1.82) is 0 Å². The molecular weight excluding hydrogens is 218 g/mol. The van der Waals surface area contributed by atoms with Crippen molar-refractivity contribution in [2.24, 2.45) is 11.1 Å². The van der Waals surface area contributed by atoms with Crippen molar-refractivity contribution >= 4 is 11.8 Å². The minimum absolute atomic E-state index is 0.229. The molecule has 0 aromatic carbocycles. The lowest BCUT2D eigenvalue weighted by Gasteiger charge is -2.34. The number of thioether (sulfide) groups is 1.